The zero-order valence-corrected chi connectivity index (χ0v) is 18.1. The Morgan fingerprint density at radius 3 is 2.61 bits per heavy atom. The van der Waals surface area contributed by atoms with E-state index >= 15 is 0 Å². The van der Waals surface area contributed by atoms with E-state index in [2.05, 4.69) is 4.90 Å². The molecule has 0 aliphatic carbocycles. The van der Waals surface area contributed by atoms with Gasteiger partial charge in [0, 0.05) is 38.0 Å². The van der Waals surface area contributed by atoms with Gasteiger partial charge in [0.1, 0.15) is 23.3 Å². The Bertz CT molecular complexity index is 1180. The molecule has 0 atom stereocenters. The van der Waals surface area contributed by atoms with E-state index in [0.29, 0.717) is 58.1 Å². The minimum Gasteiger partial charge on any atom is -0.378 e. The Morgan fingerprint density at radius 2 is 1.82 bits per heavy atom. The Balaban J connectivity index is 1.48. The van der Waals surface area contributed by atoms with E-state index in [1.165, 1.54) is 24.3 Å². The van der Waals surface area contributed by atoms with Crippen LogP contribution in [0.25, 0.3) is 0 Å². The van der Waals surface area contributed by atoms with Crippen LogP contribution in [-0.2, 0) is 24.1 Å². The summed E-state index contributed by atoms with van der Waals surface area (Å²) in [4.78, 5) is 26.5. The molecule has 0 spiro atoms. The van der Waals surface area contributed by atoms with E-state index in [4.69, 9.17) is 14.7 Å². The van der Waals surface area contributed by atoms with Crippen molar-refractivity contribution in [1.82, 2.24) is 14.9 Å². The fraction of sp³-hybridized carbons (Fsp3) is 0.320. The van der Waals surface area contributed by atoms with E-state index in [0.717, 1.165) is 22.6 Å². The number of ether oxygens (including phenoxy) is 1. The summed E-state index contributed by atoms with van der Waals surface area (Å²) in [6, 6.07) is 12.5. The normalized spacial score (nSPS) is 15.9. The van der Waals surface area contributed by atoms with E-state index in [9.17, 15) is 13.6 Å². The molecule has 0 unspecified atom stereocenters. The predicted molar refractivity (Wildman–Crippen MR) is 119 cm³/mol. The van der Waals surface area contributed by atoms with Crippen LogP contribution in [0.15, 0.2) is 48.5 Å². The van der Waals surface area contributed by atoms with Gasteiger partial charge in [0.25, 0.3) is 5.91 Å². The molecule has 0 bridgehead atoms. The van der Waals surface area contributed by atoms with Gasteiger partial charge in [0.15, 0.2) is 0 Å². The molecule has 3 aromatic rings. The second-order valence-electron chi connectivity index (χ2n) is 8.25. The molecule has 0 N–H and O–H groups in total. The van der Waals surface area contributed by atoms with Crippen molar-refractivity contribution in [2.24, 2.45) is 0 Å². The molecule has 1 aromatic heterocycles. The number of benzene rings is 2. The van der Waals surface area contributed by atoms with Crippen LogP contribution in [0.5, 0.6) is 0 Å². The lowest BCUT2D eigenvalue weighted by atomic mass is 10.0. The third-order valence-electron chi connectivity index (χ3n) is 6.04. The van der Waals surface area contributed by atoms with Crippen LogP contribution in [0.1, 0.15) is 33.0 Å². The van der Waals surface area contributed by atoms with E-state index in [1.807, 2.05) is 6.07 Å². The zero-order valence-electron chi connectivity index (χ0n) is 18.1. The van der Waals surface area contributed by atoms with Crippen LogP contribution in [0, 0.1) is 11.6 Å². The van der Waals surface area contributed by atoms with Crippen molar-refractivity contribution in [2.45, 2.75) is 19.4 Å². The number of anilines is 1. The van der Waals surface area contributed by atoms with Crippen molar-refractivity contribution in [3.63, 3.8) is 0 Å². The van der Waals surface area contributed by atoms with Gasteiger partial charge in [-0.25, -0.2) is 18.7 Å². The summed E-state index contributed by atoms with van der Waals surface area (Å²) in [6.45, 7) is 3.31. The van der Waals surface area contributed by atoms with E-state index < -0.39 is 5.82 Å². The van der Waals surface area contributed by atoms with Gasteiger partial charge in [-0.05, 0) is 29.8 Å². The number of fused-ring (bicyclic) bond motifs is 1. The summed E-state index contributed by atoms with van der Waals surface area (Å²) < 4.78 is 33.4. The fourth-order valence-electron chi connectivity index (χ4n) is 4.37. The quantitative estimate of drug-likeness (QED) is 0.610. The lowest BCUT2D eigenvalue weighted by Crippen LogP contribution is -2.41. The minimum atomic E-state index is -0.525. The van der Waals surface area contributed by atoms with Gasteiger partial charge in [-0.15, -0.1) is 0 Å². The Morgan fingerprint density at radius 1 is 1.00 bits per heavy atom. The summed E-state index contributed by atoms with van der Waals surface area (Å²) >= 11 is 0. The third-order valence-corrected chi connectivity index (χ3v) is 6.04. The molecular weight excluding hydrogens is 426 g/mol. The van der Waals surface area contributed by atoms with Crippen molar-refractivity contribution in [3.05, 3.63) is 88.4 Å². The highest BCUT2D eigenvalue weighted by Gasteiger charge is 2.29. The number of halogens is 2. The van der Waals surface area contributed by atoms with Crippen molar-refractivity contribution in [3.8, 4) is 0 Å². The molecule has 2 aromatic carbocycles. The molecule has 170 valence electrons. The first-order valence-corrected chi connectivity index (χ1v) is 11.1. The molecule has 6 nitrogen and oxygen atoms in total. The topological polar surface area (TPSA) is 58.6 Å². The third kappa shape index (κ3) is 4.57. The van der Waals surface area contributed by atoms with Gasteiger partial charge in [-0.3, -0.25) is 4.79 Å². The summed E-state index contributed by atoms with van der Waals surface area (Å²) in [7, 11) is 0. The molecule has 3 heterocycles. The average Bonchev–Trinajstić information content (AvgIpc) is 2.84. The maximum Gasteiger partial charge on any atom is 0.257 e. The molecule has 2 aliphatic rings. The van der Waals surface area contributed by atoms with Crippen molar-refractivity contribution < 1.29 is 18.3 Å². The van der Waals surface area contributed by atoms with Gasteiger partial charge in [0.05, 0.1) is 31.0 Å². The van der Waals surface area contributed by atoms with E-state index in [-0.39, 0.29) is 17.3 Å². The van der Waals surface area contributed by atoms with Crippen LogP contribution in [0.3, 0.4) is 0 Å². The molecule has 1 fully saturated rings. The van der Waals surface area contributed by atoms with Crippen LogP contribution >= 0.6 is 0 Å². The first kappa shape index (κ1) is 21.5. The highest BCUT2D eigenvalue weighted by molar-refractivity contribution is 5.94. The van der Waals surface area contributed by atoms with Crippen LogP contribution in [0.2, 0.25) is 0 Å². The number of amides is 1. The van der Waals surface area contributed by atoms with Crippen molar-refractivity contribution >= 4 is 11.7 Å². The first-order valence-electron chi connectivity index (χ1n) is 11.1. The number of morpholine rings is 1. The first-order chi connectivity index (χ1) is 16.1. The second-order valence-corrected chi connectivity index (χ2v) is 8.25. The fourth-order valence-corrected chi connectivity index (χ4v) is 4.37. The lowest BCUT2D eigenvalue weighted by molar-refractivity contribution is 0.0728. The summed E-state index contributed by atoms with van der Waals surface area (Å²) in [5, 5.41) is 0. The highest BCUT2D eigenvalue weighted by atomic mass is 19.1. The molecule has 1 amide bonds. The summed E-state index contributed by atoms with van der Waals surface area (Å²) in [5.74, 6) is 0.246. The average molecular weight is 450 g/mol. The number of carbonyl (C=O) groups excluding carboxylic acids is 1. The molecule has 2 aliphatic heterocycles. The number of hydrogen-bond donors (Lipinski definition) is 0. The van der Waals surface area contributed by atoms with E-state index in [1.54, 1.807) is 23.1 Å². The molecule has 0 radical (unpaired) electrons. The standard InChI is InChI=1S/C25H24F2N4O2/c26-18-5-3-4-17(14-18)15-23-28-22-8-9-31(25(32)19-6-1-2-7-21(19)27)16-20(22)24(29-23)30-10-12-33-13-11-30/h1-7,14H,8-13,15-16H2. The van der Waals surface area contributed by atoms with Gasteiger partial charge in [-0.2, -0.15) is 0 Å². The van der Waals surface area contributed by atoms with Crippen LogP contribution in [-0.4, -0.2) is 53.6 Å². The summed E-state index contributed by atoms with van der Waals surface area (Å²) in [5.41, 5.74) is 2.64. The molecule has 8 heteroatoms. The smallest absolute Gasteiger partial charge is 0.257 e. The van der Waals surface area contributed by atoms with Gasteiger partial charge in [0.2, 0.25) is 0 Å². The number of aromatic nitrogens is 2. The molecule has 0 saturated carbocycles. The largest absolute Gasteiger partial charge is 0.378 e. The van der Waals surface area contributed by atoms with Crippen molar-refractivity contribution in [2.75, 3.05) is 37.7 Å². The second kappa shape index (κ2) is 9.23. The predicted octanol–water partition coefficient (Wildman–Crippen LogP) is 3.38. The van der Waals surface area contributed by atoms with Crippen molar-refractivity contribution in [1.29, 1.82) is 0 Å². The summed E-state index contributed by atoms with van der Waals surface area (Å²) in [6.07, 6.45) is 0.964. The molecule has 33 heavy (non-hydrogen) atoms. The number of carbonyl (C=O) groups is 1. The minimum absolute atomic E-state index is 0.0671. The van der Waals surface area contributed by atoms with Crippen LogP contribution < -0.4 is 4.90 Å². The molecule has 1 saturated heterocycles. The maximum absolute atomic E-state index is 14.2. The van der Waals surface area contributed by atoms with Crippen LogP contribution in [0.4, 0.5) is 14.6 Å². The monoisotopic (exact) mass is 450 g/mol. The maximum atomic E-state index is 14.2. The number of nitrogens with zero attached hydrogens (tertiary/aromatic N) is 4. The Labute approximate surface area is 190 Å². The zero-order chi connectivity index (χ0) is 22.8. The Hall–Kier alpha value is -3.39. The Kier molecular flexibility index (Phi) is 6.00. The molecule has 5 rings (SSSR count). The SMILES string of the molecule is O=C(c1ccccc1F)N1CCc2nc(Cc3cccc(F)c3)nc(N3CCOCC3)c2C1. The number of rotatable bonds is 4. The molecular formula is C25H24F2N4O2. The lowest BCUT2D eigenvalue weighted by Gasteiger charge is -2.34. The van der Waals surface area contributed by atoms with Gasteiger partial charge < -0.3 is 14.5 Å². The van der Waals surface area contributed by atoms with Gasteiger partial charge >= 0.3 is 0 Å². The van der Waals surface area contributed by atoms with Gasteiger partial charge in [-0.1, -0.05) is 24.3 Å². The number of hydrogen-bond acceptors (Lipinski definition) is 5. The highest BCUT2D eigenvalue weighted by Crippen LogP contribution is 2.29.